The molecule has 8 atom stereocenters. The van der Waals surface area contributed by atoms with E-state index < -0.39 is 75.7 Å². The molecular formula is C43H81O13P. The number of phosphoric ester groups is 1. The lowest BCUT2D eigenvalue weighted by Gasteiger charge is -2.41. The van der Waals surface area contributed by atoms with E-state index >= 15 is 0 Å². The Morgan fingerprint density at radius 2 is 0.930 bits per heavy atom. The first-order valence-electron chi connectivity index (χ1n) is 22.5. The van der Waals surface area contributed by atoms with E-state index in [2.05, 4.69) is 13.8 Å². The lowest BCUT2D eigenvalue weighted by Crippen LogP contribution is -2.64. The Kier molecular flexibility index (Phi) is 32.3. The highest BCUT2D eigenvalue weighted by Gasteiger charge is 2.51. The molecule has 0 spiro atoms. The zero-order valence-corrected chi connectivity index (χ0v) is 36.3. The van der Waals surface area contributed by atoms with Gasteiger partial charge in [0.15, 0.2) is 6.10 Å². The van der Waals surface area contributed by atoms with Gasteiger partial charge in [0.2, 0.25) is 0 Å². The van der Waals surface area contributed by atoms with Crippen LogP contribution in [0.25, 0.3) is 0 Å². The van der Waals surface area contributed by atoms with Crippen molar-refractivity contribution in [1.82, 2.24) is 0 Å². The number of hydrogen-bond acceptors (Lipinski definition) is 12. The molecule has 4 unspecified atom stereocenters. The SMILES string of the molecule is CCCCCCCCCCCCC/C=C\CCC(=O)OC(COC(=O)CCCCCCCCCCCCCCC)COP(=O)(O)OC1[C@H](O)[C@H](O)C(O)[C@H](O)[C@H]1O. The Bertz CT molecular complexity index is 1060. The predicted octanol–water partition coefficient (Wildman–Crippen LogP) is 8.28. The lowest BCUT2D eigenvalue weighted by atomic mass is 9.85. The molecule has 0 aromatic rings. The Morgan fingerprint density at radius 1 is 0.526 bits per heavy atom. The lowest BCUT2D eigenvalue weighted by molar-refractivity contribution is -0.220. The van der Waals surface area contributed by atoms with Gasteiger partial charge in [0.05, 0.1) is 6.61 Å². The van der Waals surface area contributed by atoms with Gasteiger partial charge in [-0.05, 0) is 25.7 Å². The second kappa shape index (κ2) is 34.3. The number of aliphatic hydroxyl groups excluding tert-OH is 5. The van der Waals surface area contributed by atoms with Crippen molar-refractivity contribution >= 4 is 19.8 Å². The summed E-state index contributed by atoms with van der Waals surface area (Å²) in [4.78, 5) is 35.6. The van der Waals surface area contributed by atoms with Gasteiger partial charge in [0, 0.05) is 12.8 Å². The molecule has 0 amide bonds. The number of allylic oxidation sites excluding steroid dienone is 2. The van der Waals surface area contributed by atoms with Crippen LogP contribution in [0.15, 0.2) is 12.2 Å². The molecule has 0 aliphatic heterocycles. The number of carbonyl (C=O) groups excluding carboxylic acids is 2. The molecule has 0 heterocycles. The van der Waals surface area contributed by atoms with Crippen LogP contribution in [0.2, 0.25) is 0 Å². The van der Waals surface area contributed by atoms with Crippen LogP contribution in [0.5, 0.6) is 0 Å². The van der Waals surface area contributed by atoms with Crippen molar-refractivity contribution in [2.75, 3.05) is 13.2 Å². The third kappa shape index (κ3) is 27.1. The maximum absolute atomic E-state index is 12.8. The maximum Gasteiger partial charge on any atom is 0.472 e. The number of aliphatic hydroxyl groups is 5. The number of phosphoric acid groups is 1. The molecule has 0 aromatic carbocycles. The molecule has 1 saturated carbocycles. The van der Waals surface area contributed by atoms with Gasteiger partial charge in [0.1, 0.15) is 43.2 Å². The van der Waals surface area contributed by atoms with E-state index in [-0.39, 0.29) is 12.8 Å². The summed E-state index contributed by atoms with van der Waals surface area (Å²) in [6, 6.07) is 0. The van der Waals surface area contributed by atoms with Gasteiger partial charge in [-0.15, -0.1) is 0 Å². The normalized spacial score (nSPS) is 22.7. The molecule has 6 N–H and O–H groups in total. The van der Waals surface area contributed by atoms with Crippen LogP contribution >= 0.6 is 7.82 Å². The van der Waals surface area contributed by atoms with Crippen molar-refractivity contribution in [3.05, 3.63) is 12.2 Å². The Morgan fingerprint density at radius 3 is 1.40 bits per heavy atom. The quantitative estimate of drug-likeness (QED) is 0.0151. The number of rotatable bonds is 37. The minimum atomic E-state index is -5.12. The third-order valence-corrected chi connectivity index (χ3v) is 11.6. The molecule has 0 bridgehead atoms. The highest BCUT2D eigenvalue weighted by atomic mass is 31.2. The number of ether oxygens (including phenoxy) is 2. The monoisotopic (exact) mass is 837 g/mol. The average molecular weight is 837 g/mol. The van der Waals surface area contributed by atoms with Gasteiger partial charge in [0.25, 0.3) is 0 Å². The molecule has 1 aliphatic rings. The molecule has 14 heteroatoms. The molecule has 13 nitrogen and oxygen atoms in total. The van der Waals surface area contributed by atoms with Crippen LogP contribution in [-0.4, -0.2) is 98.3 Å². The topological polar surface area (TPSA) is 210 Å². The van der Waals surface area contributed by atoms with Crippen LogP contribution in [0.3, 0.4) is 0 Å². The first kappa shape index (κ1) is 53.6. The van der Waals surface area contributed by atoms with E-state index in [0.717, 1.165) is 32.1 Å². The second-order valence-corrected chi connectivity index (χ2v) is 17.3. The number of unbranched alkanes of at least 4 members (excludes halogenated alkanes) is 23. The number of hydrogen-bond donors (Lipinski definition) is 6. The first-order valence-corrected chi connectivity index (χ1v) is 24.0. The van der Waals surface area contributed by atoms with Crippen LogP contribution in [0, 0.1) is 0 Å². The van der Waals surface area contributed by atoms with Gasteiger partial charge >= 0.3 is 19.8 Å². The molecule has 1 aliphatic carbocycles. The summed E-state index contributed by atoms with van der Waals surface area (Å²) in [7, 11) is -5.12. The minimum absolute atomic E-state index is 0.0179. The van der Waals surface area contributed by atoms with Crippen LogP contribution < -0.4 is 0 Å². The molecule has 57 heavy (non-hydrogen) atoms. The molecule has 1 fully saturated rings. The average Bonchev–Trinajstić information content (AvgIpc) is 3.19. The van der Waals surface area contributed by atoms with Crippen molar-refractivity contribution in [2.24, 2.45) is 0 Å². The zero-order chi connectivity index (χ0) is 42.2. The molecule has 0 radical (unpaired) electrons. The molecule has 0 saturated heterocycles. The van der Waals surface area contributed by atoms with Crippen LogP contribution in [0.1, 0.15) is 194 Å². The summed E-state index contributed by atoms with van der Waals surface area (Å²) in [6.45, 7) is 3.27. The largest absolute Gasteiger partial charge is 0.472 e. The van der Waals surface area contributed by atoms with Gasteiger partial charge in [-0.2, -0.15) is 0 Å². The van der Waals surface area contributed by atoms with Crippen molar-refractivity contribution in [2.45, 2.75) is 236 Å². The number of carbonyl (C=O) groups is 2. The van der Waals surface area contributed by atoms with Gasteiger partial charge < -0.3 is 39.9 Å². The van der Waals surface area contributed by atoms with Crippen LogP contribution in [0.4, 0.5) is 0 Å². The summed E-state index contributed by atoms with van der Waals surface area (Å²) in [6.07, 6.45) is 21.4. The second-order valence-electron chi connectivity index (χ2n) is 15.9. The molecule has 336 valence electrons. The van der Waals surface area contributed by atoms with Crippen LogP contribution in [-0.2, 0) is 32.7 Å². The van der Waals surface area contributed by atoms with Crippen molar-refractivity contribution in [3.8, 4) is 0 Å². The van der Waals surface area contributed by atoms with Crippen molar-refractivity contribution in [1.29, 1.82) is 0 Å². The van der Waals surface area contributed by atoms with E-state index in [9.17, 15) is 44.6 Å². The molecule has 0 aromatic heterocycles. The van der Waals surface area contributed by atoms with Gasteiger partial charge in [-0.3, -0.25) is 18.6 Å². The van der Waals surface area contributed by atoms with Crippen molar-refractivity contribution < 1.29 is 63.1 Å². The molecule has 1 rings (SSSR count). The Balaban J connectivity index is 2.49. The molecular weight excluding hydrogens is 755 g/mol. The predicted molar refractivity (Wildman–Crippen MR) is 221 cm³/mol. The number of esters is 2. The smallest absolute Gasteiger partial charge is 0.462 e. The zero-order valence-electron chi connectivity index (χ0n) is 35.4. The van der Waals surface area contributed by atoms with Crippen molar-refractivity contribution in [3.63, 3.8) is 0 Å². The maximum atomic E-state index is 12.8. The highest BCUT2D eigenvalue weighted by Crippen LogP contribution is 2.47. The summed E-state index contributed by atoms with van der Waals surface area (Å²) in [5, 5.41) is 50.1. The minimum Gasteiger partial charge on any atom is -0.462 e. The fraction of sp³-hybridized carbons (Fsp3) is 0.907. The fourth-order valence-corrected chi connectivity index (χ4v) is 7.93. The summed E-state index contributed by atoms with van der Waals surface area (Å²) in [5.74, 6) is -1.15. The summed E-state index contributed by atoms with van der Waals surface area (Å²) >= 11 is 0. The van der Waals surface area contributed by atoms with Gasteiger partial charge in [-0.1, -0.05) is 167 Å². The standard InChI is InChI=1S/C43H81O13P/c1-3-5-7-9-11-13-15-17-18-20-22-24-26-28-30-32-37(45)55-35(34-54-57(51,52)56-43-41(49)39(47)38(46)40(48)42(43)50)33-53-36(44)31-29-27-25-23-21-19-16-14-12-10-8-6-4-2/h26,28,35,38-43,46-50H,3-25,27,29-34H2,1-2H3,(H,51,52)/b28-26-/t35?,38?,39-,40+,41-,42-,43?/m1/s1. The van der Waals surface area contributed by atoms with E-state index in [0.29, 0.717) is 12.8 Å². The Labute approximate surface area is 343 Å². The van der Waals surface area contributed by atoms with Gasteiger partial charge in [-0.25, -0.2) is 4.57 Å². The Hall–Kier alpha value is -1.41. The third-order valence-electron chi connectivity index (χ3n) is 10.6. The first-order chi connectivity index (χ1) is 27.4. The summed E-state index contributed by atoms with van der Waals surface area (Å²) in [5.41, 5.74) is 0. The fourth-order valence-electron chi connectivity index (χ4n) is 6.95. The van der Waals surface area contributed by atoms with E-state index in [4.69, 9.17) is 18.5 Å². The van der Waals surface area contributed by atoms with E-state index in [1.165, 1.54) is 122 Å². The van der Waals surface area contributed by atoms with E-state index in [1.807, 2.05) is 12.2 Å². The van der Waals surface area contributed by atoms with E-state index in [1.54, 1.807) is 0 Å². The highest BCUT2D eigenvalue weighted by molar-refractivity contribution is 7.47. The summed E-state index contributed by atoms with van der Waals surface area (Å²) < 4.78 is 33.4.